The van der Waals surface area contributed by atoms with Crippen LogP contribution in [0, 0.1) is 0 Å². The van der Waals surface area contributed by atoms with Gasteiger partial charge in [0.05, 0.1) is 6.04 Å². The molecule has 35 heavy (non-hydrogen) atoms. The van der Waals surface area contributed by atoms with E-state index in [0.717, 1.165) is 0 Å². The molecule has 1 saturated heterocycles. The minimum atomic E-state index is -1.11. The van der Waals surface area contributed by atoms with E-state index in [-0.39, 0.29) is 18.3 Å². The van der Waals surface area contributed by atoms with Crippen LogP contribution in [0.1, 0.15) is 38.5 Å². The molecule has 0 aromatic heterocycles. The van der Waals surface area contributed by atoms with Gasteiger partial charge in [-0.15, -0.1) is 0 Å². The molecule has 0 aromatic carbocycles. The van der Waals surface area contributed by atoms with Gasteiger partial charge in [-0.25, -0.2) is 4.79 Å². The second-order valence-electron chi connectivity index (χ2n) is 8.27. The van der Waals surface area contributed by atoms with Crippen molar-refractivity contribution in [2.75, 3.05) is 37.1 Å². The largest absolute Gasteiger partial charge is 0.480 e. The topological polar surface area (TPSA) is 206 Å². The fraction of sp³-hybridized carbons (Fsp3) is 0.762. The molecule has 1 aliphatic heterocycles. The van der Waals surface area contributed by atoms with Crippen LogP contribution >= 0.6 is 23.5 Å². The number of nitrogens with two attached hydrogens (primary N) is 3. The van der Waals surface area contributed by atoms with Gasteiger partial charge in [0.1, 0.15) is 18.1 Å². The zero-order valence-corrected chi connectivity index (χ0v) is 22.0. The number of likely N-dealkylation sites (tertiary alicyclic amines) is 1. The van der Waals surface area contributed by atoms with Gasteiger partial charge in [0.2, 0.25) is 17.7 Å². The van der Waals surface area contributed by atoms with Crippen molar-refractivity contribution in [2.45, 2.75) is 62.7 Å². The first-order valence-corrected chi connectivity index (χ1v) is 14.3. The monoisotopic (exact) mass is 533 g/mol. The summed E-state index contributed by atoms with van der Waals surface area (Å²) in [6.07, 6.45) is 6.31. The predicted octanol–water partition coefficient (Wildman–Crippen LogP) is -1.08. The van der Waals surface area contributed by atoms with E-state index in [4.69, 9.17) is 17.2 Å². The van der Waals surface area contributed by atoms with E-state index in [2.05, 4.69) is 15.6 Å². The van der Waals surface area contributed by atoms with Crippen molar-refractivity contribution in [1.82, 2.24) is 15.5 Å². The number of aliphatic imine (C=N–C) groups is 1. The molecule has 14 heteroatoms. The van der Waals surface area contributed by atoms with Gasteiger partial charge in [0.25, 0.3) is 0 Å². The average Bonchev–Trinajstić information content (AvgIpc) is 3.31. The maximum absolute atomic E-state index is 13.4. The van der Waals surface area contributed by atoms with Crippen LogP contribution < -0.4 is 27.8 Å². The van der Waals surface area contributed by atoms with Crippen molar-refractivity contribution in [2.24, 2.45) is 22.2 Å². The van der Waals surface area contributed by atoms with Crippen molar-refractivity contribution < 1.29 is 24.3 Å². The third-order valence-electron chi connectivity index (χ3n) is 5.59. The lowest BCUT2D eigenvalue weighted by atomic mass is 10.1. The number of hydrogen-bond acceptors (Lipinski definition) is 8. The smallest absolute Gasteiger partial charge is 0.326 e. The van der Waals surface area contributed by atoms with E-state index in [1.54, 1.807) is 0 Å². The van der Waals surface area contributed by atoms with Crippen molar-refractivity contribution in [1.29, 1.82) is 0 Å². The molecule has 1 heterocycles. The van der Waals surface area contributed by atoms with Crippen LogP contribution in [0.15, 0.2) is 4.99 Å². The maximum atomic E-state index is 13.4. The lowest BCUT2D eigenvalue weighted by Crippen LogP contribution is -2.57. The molecule has 4 unspecified atom stereocenters. The molecular weight excluding hydrogens is 494 g/mol. The van der Waals surface area contributed by atoms with Crippen LogP contribution in [0.5, 0.6) is 0 Å². The summed E-state index contributed by atoms with van der Waals surface area (Å²) in [5.74, 6) is -1.26. The molecule has 1 aliphatic rings. The fourth-order valence-electron chi connectivity index (χ4n) is 3.69. The number of carboxylic acids is 1. The van der Waals surface area contributed by atoms with E-state index in [1.165, 1.54) is 28.4 Å². The molecule has 12 nitrogen and oxygen atoms in total. The van der Waals surface area contributed by atoms with Crippen LogP contribution in [0.3, 0.4) is 0 Å². The van der Waals surface area contributed by atoms with Gasteiger partial charge in [-0.3, -0.25) is 19.4 Å². The Bertz CT molecular complexity index is 752. The summed E-state index contributed by atoms with van der Waals surface area (Å²) in [4.78, 5) is 55.7. The Morgan fingerprint density at radius 1 is 1.06 bits per heavy atom. The Labute approximate surface area is 214 Å². The Hall–Kier alpha value is -2.19. The molecule has 3 amide bonds. The summed E-state index contributed by atoms with van der Waals surface area (Å²) < 4.78 is 0. The molecule has 1 rings (SSSR count). The summed E-state index contributed by atoms with van der Waals surface area (Å²) in [6.45, 7) is 0.701. The molecule has 0 saturated carbocycles. The number of carboxylic acid groups (broad SMARTS) is 1. The number of carbonyl (C=O) groups is 4. The van der Waals surface area contributed by atoms with Crippen molar-refractivity contribution in [3.8, 4) is 0 Å². The van der Waals surface area contributed by atoms with Crippen LogP contribution in [0.25, 0.3) is 0 Å². The minimum absolute atomic E-state index is 0.0334. The highest BCUT2D eigenvalue weighted by Gasteiger charge is 2.38. The van der Waals surface area contributed by atoms with Crippen LogP contribution in [0.4, 0.5) is 0 Å². The standard InChI is InChI=1S/C21H39N7O5S2/c1-34-11-7-14(26-17(29)13(22)5-3-9-25-21(23)24)19(31)28-10-4-6-16(28)18(30)27-15(20(32)33)8-12-35-2/h13-16H,3-12,22H2,1-2H3,(H,26,29)(H,27,30)(H,32,33)(H4,23,24,25). The molecule has 0 aliphatic carbocycles. The minimum Gasteiger partial charge on any atom is -0.480 e. The Balaban J connectivity index is 2.83. The van der Waals surface area contributed by atoms with Gasteiger partial charge in [-0.1, -0.05) is 0 Å². The third kappa shape index (κ3) is 10.9. The number of rotatable bonds is 16. The normalized spacial score (nSPS) is 17.8. The van der Waals surface area contributed by atoms with Crippen LogP contribution in [-0.2, 0) is 19.2 Å². The highest BCUT2D eigenvalue weighted by molar-refractivity contribution is 7.98. The van der Waals surface area contributed by atoms with Crippen molar-refractivity contribution in [3.05, 3.63) is 0 Å². The molecule has 1 fully saturated rings. The molecule has 4 atom stereocenters. The number of hydrogen-bond donors (Lipinski definition) is 6. The van der Waals surface area contributed by atoms with E-state index in [0.29, 0.717) is 56.7 Å². The molecule has 0 radical (unpaired) electrons. The molecule has 0 aromatic rings. The molecular formula is C21H39N7O5S2. The first-order valence-electron chi connectivity index (χ1n) is 11.5. The van der Waals surface area contributed by atoms with Gasteiger partial charge in [0.15, 0.2) is 5.96 Å². The third-order valence-corrected chi connectivity index (χ3v) is 6.88. The first-order chi connectivity index (χ1) is 16.6. The van der Waals surface area contributed by atoms with Gasteiger partial charge < -0.3 is 37.8 Å². The second-order valence-corrected chi connectivity index (χ2v) is 10.2. The Kier molecular flexibility index (Phi) is 14.5. The second kappa shape index (κ2) is 16.5. The SMILES string of the molecule is CSCCC(NC(=O)C1CCCN1C(=O)C(CCSC)NC(=O)C(N)CCCN=C(N)N)C(=O)O. The van der Waals surface area contributed by atoms with Crippen LogP contribution in [-0.4, -0.2) is 101 Å². The number of aliphatic carboxylic acids is 1. The van der Waals surface area contributed by atoms with Crippen molar-refractivity contribution >= 4 is 53.2 Å². The van der Waals surface area contributed by atoms with Crippen molar-refractivity contribution in [3.63, 3.8) is 0 Å². The van der Waals surface area contributed by atoms with Gasteiger partial charge in [0, 0.05) is 13.1 Å². The predicted molar refractivity (Wildman–Crippen MR) is 140 cm³/mol. The highest BCUT2D eigenvalue weighted by atomic mass is 32.2. The van der Waals surface area contributed by atoms with Gasteiger partial charge >= 0.3 is 5.97 Å². The number of thioether (sulfide) groups is 2. The molecule has 9 N–H and O–H groups in total. The number of nitrogens with zero attached hydrogens (tertiary/aromatic N) is 2. The van der Waals surface area contributed by atoms with E-state index in [1.807, 2.05) is 12.5 Å². The summed E-state index contributed by atoms with van der Waals surface area (Å²) in [7, 11) is 0. The summed E-state index contributed by atoms with van der Waals surface area (Å²) in [5.41, 5.74) is 16.6. The summed E-state index contributed by atoms with van der Waals surface area (Å²) >= 11 is 3.02. The van der Waals surface area contributed by atoms with E-state index >= 15 is 0 Å². The van der Waals surface area contributed by atoms with Gasteiger partial charge in [-0.2, -0.15) is 23.5 Å². The lowest BCUT2D eigenvalue weighted by molar-refractivity contribution is -0.145. The fourth-order valence-corrected chi connectivity index (χ4v) is 4.63. The molecule has 0 bridgehead atoms. The highest BCUT2D eigenvalue weighted by Crippen LogP contribution is 2.20. The number of carbonyl (C=O) groups excluding carboxylic acids is 3. The zero-order valence-electron chi connectivity index (χ0n) is 20.4. The first kappa shape index (κ1) is 30.8. The van der Waals surface area contributed by atoms with Crippen LogP contribution in [0.2, 0.25) is 0 Å². The summed E-state index contributed by atoms with van der Waals surface area (Å²) in [6, 6.07) is -3.46. The van der Waals surface area contributed by atoms with Gasteiger partial charge in [-0.05, 0) is 62.5 Å². The number of nitrogens with one attached hydrogen (secondary N) is 2. The quantitative estimate of drug-likeness (QED) is 0.0803. The number of amides is 3. The zero-order chi connectivity index (χ0) is 26.4. The Morgan fingerprint density at radius 2 is 1.69 bits per heavy atom. The maximum Gasteiger partial charge on any atom is 0.326 e. The summed E-state index contributed by atoms with van der Waals surface area (Å²) in [5, 5.41) is 14.7. The average molecular weight is 534 g/mol. The number of guanidine groups is 1. The molecule has 0 spiro atoms. The van der Waals surface area contributed by atoms with E-state index in [9.17, 15) is 24.3 Å². The molecule has 200 valence electrons. The lowest BCUT2D eigenvalue weighted by Gasteiger charge is -2.30. The Morgan fingerprint density at radius 3 is 2.26 bits per heavy atom. The van der Waals surface area contributed by atoms with E-state index < -0.39 is 42.0 Å².